The molecule has 24 heavy (non-hydrogen) atoms. The molecule has 2 N–H and O–H groups in total. The molecule has 0 saturated heterocycles. The van der Waals surface area contributed by atoms with E-state index in [1.807, 2.05) is 0 Å². The topological polar surface area (TPSA) is 113 Å². The Labute approximate surface area is 134 Å². The summed E-state index contributed by atoms with van der Waals surface area (Å²) in [7, 11) is 2.48. The lowest BCUT2D eigenvalue weighted by Crippen LogP contribution is -2.42. The fourth-order valence-electron chi connectivity index (χ4n) is 2.03. The average Bonchev–Trinajstić information content (AvgIpc) is 2.56. The number of anilines is 1. The second kappa shape index (κ2) is 6.49. The lowest BCUT2D eigenvalue weighted by molar-refractivity contribution is 0.0469. The molecule has 0 atom stereocenters. The first-order valence-corrected chi connectivity index (χ1v) is 6.76. The molecule has 0 spiro atoms. The highest BCUT2D eigenvalue weighted by molar-refractivity contribution is 6.02. The molecule has 0 radical (unpaired) electrons. The minimum atomic E-state index is -1.05. The number of nitrogens with two attached hydrogens (primary N) is 1. The van der Waals surface area contributed by atoms with Crippen molar-refractivity contribution >= 4 is 17.6 Å². The summed E-state index contributed by atoms with van der Waals surface area (Å²) >= 11 is 0. The lowest BCUT2D eigenvalue weighted by Gasteiger charge is -2.11. The van der Waals surface area contributed by atoms with E-state index < -0.39 is 41.0 Å². The maximum Gasteiger partial charge on any atom is 0.341 e. The van der Waals surface area contributed by atoms with Crippen molar-refractivity contribution in [3.8, 4) is 0 Å². The normalized spacial score (nSPS) is 10.5. The number of carbonyl (C=O) groups excluding carboxylic acids is 2. The summed E-state index contributed by atoms with van der Waals surface area (Å²) in [6, 6.07) is 5.09. The van der Waals surface area contributed by atoms with Crippen molar-refractivity contribution in [3.63, 3.8) is 0 Å². The first-order valence-electron chi connectivity index (χ1n) is 6.76. The quantitative estimate of drug-likeness (QED) is 0.614. The number of nitrogen functional groups attached to an aromatic ring is 1. The number of hydrogen-bond donors (Lipinski definition) is 1. The van der Waals surface area contributed by atoms with E-state index in [2.05, 4.69) is 0 Å². The molecule has 0 saturated carbocycles. The summed E-state index contributed by atoms with van der Waals surface area (Å²) in [5, 5.41) is 0. The molecule has 8 nitrogen and oxygen atoms in total. The van der Waals surface area contributed by atoms with Crippen molar-refractivity contribution < 1.29 is 18.7 Å². The van der Waals surface area contributed by atoms with Gasteiger partial charge in [-0.3, -0.25) is 18.7 Å². The van der Waals surface area contributed by atoms with E-state index in [4.69, 9.17) is 10.5 Å². The number of rotatable bonds is 4. The van der Waals surface area contributed by atoms with Crippen LogP contribution in [0.25, 0.3) is 0 Å². The molecule has 0 unspecified atom stereocenters. The molecule has 0 aliphatic carbocycles. The third-order valence-corrected chi connectivity index (χ3v) is 3.42. The van der Waals surface area contributed by atoms with Crippen molar-refractivity contribution in [1.82, 2.24) is 9.13 Å². The predicted molar refractivity (Wildman–Crippen MR) is 82.3 cm³/mol. The van der Waals surface area contributed by atoms with Crippen molar-refractivity contribution in [3.05, 3.63) is 62.0 Å². The van der Waals surface area contributed by atoms with Gasteiger partial charge in [0.15, 0.2) is 6.61 Å². The van der Waals surface area contributed by atoms with Gasteiger partial charge in [-0.2, -0.15) is 0 Å². The van der Waals surface area contributed by atoms with E-state index in [0.29, 0.717) is 4.57 Å². The number of carbonyl (C=O) groups is 2. The first-order chi connectivity index (χ1) is 11.3. The minimum absolute atomic E-state index is 0.338. The van der Waals surface area contributed by atoms with Gasteiger partial charge in [-0.15, -0.1) is 0 Å². The van der Waals surface area contributed by atoms with E-state index in [9.17, 15) is 23.6 Å². The Hall–Kier alpha value is -3.23. The summed E-state index contributed by atoms with van der Waals surface area (Å²) in [6.45, 7) is -0.815. The first kappa shape index (κ1) is 17.1. The van der Waals surface area contributed by atoms with Crippen LogP contribution in [0.15, 0.2) is 33.9 Å². The highest BCUT2D eigenvalue weighted by Crippen LogP contribution is 2.09. The Kier molecular flexibility index (Phi) is 4.63. The maximum atomic E-state index is 13.5. The fraction of sp³-hybridized carbons (Fsp3) is 0.200. The van der Waals surface area contributed by atoms with Crippen LogP contribution in [-0.4, -0.2) is 27.5 Å². The Bertz CT molecular complexity index is 945. The second-order valence-electron chi connectivity index (χ2n) is 4.95. The van der Waals surface area contributed by atoms with Crippen LogP contribution in [-0.2, 0) is 18.8 Å². The number of benzene rings is 1. The van der Waals surface area contributed by atoms with E-state index in [1.165, 1.54) is 32.3 Å². The van der Waals surface area contributed by atoms with Gasteiger partial charge in [0, 0.05) is 14.1 Å². The van der Waals surface area contributed by atoms with Crippen LogP contribution in [0.4, 0.5) is 10.2 Å². The SMILES string of the molecule is Cn1c(N)c(C(=O)COC(=O)c2ccccc2F)c(=O)n(C)c1=O. The standard InChI is InChI=1S/C15H14FN3O5/c1-18-12(17)11(13(21)19(2)15(18)23)10(20)7-24-14(22)8-5-3-4-6-9(8)16/h3-6H,7,17H2,1-2H3. The number of esters is 1. The van der Waals surface area contributed by atoms with Crippen LogP contribution in [0.2, 0.25) is 0 Å². The number of ether oxygens (including phenoxy) is 1. The summed E-state index contributed by atoms with van der Waals surface area (Å²) in [5.74, 6) is -3.09. The molecule has 0 aliphatic heterocycles. The van der Waals surface area contributed by atoms with Gasteiger partial charge in [-0.25, -0.2) is 14.0 Å². The highest BCUT2D eigenvalue weighted by Gasteiger charge is 2.22. The number of Topliss-reactive ketones (excluding diaryl/α,β-unsaturated/α-hetero) is 1. The number of aromatic nitrogens is 2. The van der Waals surface area contributed by atoms with Gasteiger partial charge in [0.1, 0.15) is 17.2 Å². The van der Waals surface area contributed by atoms with Crippen LogP contribution in [0.1, 0.15) is 20.7 Å². The molecular weight excluding hydrogens is 321 g/mol. The zero-order valence-electron chi connectivity index (χ0n) is 12.9. The molecule has 0 bridgehead atoms. The number of nitrogens with zero attached hydrogens (tertiary/aromatic N) is 2. The molecule has 1 aromatic heterocycles. The van der Waals surface area contributed by atoms with Crippen molar-refractivity contribution in [1.29, 1.82) is 0 Å². The fourth-order valence-corrected chi connectivity index (χ4v) is 2.03. The predicted octanol–water partition coefficient (Wildman–Crippen LogP) is -0.155. The number of ketones is 1. The van der Waals surface area contributed by atoms with Crippen molar-refractivity contribution in [2.75, 3.05) is 12.3 Å². The Morgan fingerprint density at radius 1 is 1.17 bits per heavy atom. The zero-order valence-corrected chi connectivity index (χ0v) is 12.9. The smallest absolute Gasteiger partial charge is 0.341 e. The Balaban J connectivity index is 2.26. The van der Waals surface area contributed by atoms with E-state index in [1.54, 1.807) is 0 Å². The molecule has 126 valence electrons. The molecule has 2 aromatic rings. The third-order valence-electron chi connectivity index (χ3n) is 3.42. The van der Waals surface area contributed by atoms with Gasteiger partial charge in [0.25, 0.3) is 5.56 Å². The summed E-state index contributed by atoms with van der Waals surface area (Å²) in [5.41, 5.74) is 3.21. The molecule has 0 aliphatic rings. The summed E-state index contributed by atoms with van der Waals surface area (Å²) in [4.78, 5) is 47.6. The minimum Gasteiger partial charge on any atom is -0.454 e. The van der Waals surface area contributed by atoms with Crippen LogP contribution >= 0.6 is 0 Å². The molecule has 0 amide bonds. The van der Waals surface area contributed by atoms with E-state index in [0.717, 1.165) is 10.6 Å². The Morgan fingerprint density at radius 3 is 2.42 bits per heavy atom. The molecule has 1 aromatic carbocycles. The summed E-state index contributed by atoms with van der Waals surface area (Å²) in [6.07, 6.45) is 0. The second-order valence-corrected chi connectivity index (χ2v) is 4.95. The average molecular weight is 335 g/mol. The number of halogens is 1. The lowest BCUT2D eigenvalue weighted by atomic mass is 10.2. The van der Waals surface area contributed by atoms with Gasteiger partial charge in [0.2, 0.25) is 5.78 Å². The molecule has 1 heterocycles. The van der Waals surface area contributed by atoms with Crippen LogP contribution in [0.3, 0.4) is 0 Å². The van der Waals surface area contributed by atoms with Crippen LogP contribution < -0.4 is 17.0 Å². The summed E-state index contributed by atoms with van der Waals surface area (Å²) < 4.78 is 19.8. The Morgan fingerprint density at radius 2 is 1.79 bits per heavy atom. The van der Waals surface area contributed by atoms with Crippen LogP contribution in [0.5, 0.6) is 0 Å². The van der Waals surface area contributed by atoms with Gasteiger partial charge in [-0.1, -0.05) is 12.1 Å². The highest BCUT2D eigenvalue weighted by atomic mass is 19.1. The third kappa shape index (κ3) is 2.96. The monoisotopic (exact) mass is 335 g/mol. The van der Waals surface area contributed by atoms with Gasteiger partial charge in [-0.05, 0) is 12.1 Å². The maximum absolute atomic E-state index is 13.5. The molecule has 0 fully saturated rings. The molecule has 9 heteroatoms. The zero-order chi connectivity index (χ0) is 18.0. The van der Waals surface area contributed by atoms with Gasteiger partial charge in [0.05, 0.1) is 5.56 Å². The van der Waals surface area contributed by atoms with Crippen molar-refractivity contribution in [2.24, 2.45) is 14.1 Å². The molecular formula is C15H14FN3O5. The van der Waals surface area contributed by atoms with Gasteiger partial charge < -0.3 is 10.5 Å². The van der Waals surface area contributed by atoms with Gasteiger partial charge >= 0.3 is 11.7 Å². The van der Waals surface area contributed by atoms with Crippen LogP contribution in [0, 0.1) is 5.82 Å². The number of hydrogen-bond acceptors (Lipinski definition) is 6. The largest absolute Gasteiger partial charge is 0.454 e. The van der Waals surface area contributed by atoms with Crippen molar-refractivity contribution in [2.45, 2.75) is 0 Å². The molecule has 2 rings (SSSR count). The van der Waals surface area contributed by atoms with E-state index in [-0.39, 0.29) is 11.4 Å². The van der Waals surface area contributed by atoms with E-state index >= 15 is 0 Å².